The summed E-state index contributed by atoms with van der Waals surface area (Å²) in [5, 5.41) is 11.4. The number of fused-ring (bicyclic) bond motifs is 5. The van der Waals surface area contributed by atoms with Gasteiger partial charge in [0.2, 0.25) is 8.32 Å². The van der Waals surface area contributed by atoms with Crippen molar-refractivity contribution in [2.75, 3.05) is 0 Å². The number of rotatable bonds is 3. The van der Waals surface area contributed by atoms with Crippen LogP contribution in [0.4, 0.5) is 0 Å². The number of allylic oxidation sites excluding steroid dienone is 2. The summed E-state index contributed by atoms with van der Waals surface area (Å²) in [5.41, 5.74) is 1.97. The first-order chi connectivity index (χ1) is 13.8. The third-order valence-electron chi connectivity index (χ3n) is 11.4. The van der Waals surface area contributed by atoms with E-state index in [1.807, 2.05) is 13.1 Å². The Morgan fingerprint density at radius 3 is 2.40 bits per heavy atom. The van der Waals surface area contributed by atoms with E-state index in [4.69, 9.17) is 0 Å². The Balaban J connectivity index is 1.53. The van der Waals surface area contributed by atoms with Crippen LogP contribution in [0.25, 0.3) is 0 Å². The molecule has 0 aromatic carbocycles. The molecule has 30 heavy (non-hydrogen) atoms. The van der Waals surface area contributed by atoms with Crippen LogP contribution in [0.3, 0.4) is 0 Å². The van der Waals surface area contributed by atoms with Crippen LogP contribution in [-0.2, 0) is 4.80 Å². The average Bonchev–Trinajstić information content (AvgIpc) is 2.97. The molecule has 0 saturated heterocycles. The minimum atomic E-state index is -2.55. The van der Waals surface area contributed by atoms with Gasteiger partial charge in [-0.25, -0.2) is 0 Å². The molecule has 1 radical (unpaired) electrons. The van der Waals surface area contributed by atoms with Gasteiger partial charge in [-0.3, -0.25) is 4.80 Å². The van der Waals surface area contributed by atoms with Gasteiger partial charge in [-0.2, -0.15) is 0 Å². The van der Waals surface area contributed by atoms with Gasteiger partial charge < -0.3 is 5.11 Å². The Bertz CT molecular complexity index is 706. The molecular weight excluding hydrogens is 384 g/mol. The van der Waals surface area contributed by atoms with Crippen molar-refractivity contribution in [2.24, 2.45) is 34.5 Å². The maximum atomic E-state index is 12.9. The number of hydrogen-bond acceptors (Lipinski definition) is 1. The smallest absolute Gasteiger partial charge is 0.237 e. The van der Waals surface area contributed by atoms with Crippen LogP contribution < -0.4 is 0 Å². The molecule has 0 bridgehead atoms. The van der Waals surface area contributed by atoms with Crippen LogP contribution in [0.5, 0.6) is 0 Å². The Morgan fingerprint density at radius 2 is 1.77 bits per heavy atom. The molecule has 0 amide bonds. The maximum absolute atomic E-state index is 12.9. The molecule has 2 nitrogen and oxygen atoms in total. The molecule has 7 atom stereocenters. The van der Waals surface area contributed by atoms with Crippen molar-refractivity contribution < 1.29 is 9.90 Å². The van der Waals surface area contributed by atoms with Crippen molar-refractivity contribution in [3.8, 4) is 0 Å². The van der Waals surface area contributed by atoms with Crippen molar-refractivity contribution in [1.82, 2.24) is 0 Å². The van der Waals surface area contributed by atoms with E-state index in [0.29, 0.717) is 23.2 Å². The summed E-state index contributed by atoms with van der Waals surface area (Å²) < 4.78 is 0. The van der Waals surface area contributed by atoms with E-state index in [9.17, 15) is 9.90 Å². The predicted molar refractivity (Wildman–Crippen MR) is 127 cm³/mol. The lowest BCUT2D eigenvalue weighted by Crippen LogP contribution is -2.56. The summed E-state index contributed by atoms with van der Waals surface area (Å²) in [5.74, 6) is 3.25. The van der Waals surface area contributed by atoms with Gasteiger partial charge in [0.1, 0.15) is 0 Å². The number of hydrogen-bond donors (Lipinski definition) is 1. The summed E-state index contributed by atoms with van der Waals surface area (Å²) in [6.07, 6.45) is 14.3. The predicted octanol–water partition coefficient (Wildman–Crippen LogP) is 7.51. The summed E-state index contributed by atoms with van der Waals surface area (Å²) in [7, 11) is -2.55. The molecule has 2 unspecified atom stereocenters. The molecule has 4 aliphatic rings. The maximum Gasteiger partial charge on any atom is 0.237 e. The van der Waals surface area contributed by atoms with E-state index in [1.165, 1.54) is 38.5 Å². The van der Waals surface area contributed by atoms with Gasteiger partial charge in [0.05, 0.1) is 5.60 Å². The molecule has 4 rings (SSSR count). The lowest BCUT2D eigenvalue weighted by atomic mass is 9.44. The van der Waals surface area contributed by atoms with E-state index in [2.05, 4.69) is 40.7 Å². The summed E-state index contributed by atoms with van der Waals surface area (Å²) in [6.45, 7) is 15.5. The van der Waals surface area contributed by atoms with Crippen molar-refractivity contribution in [3.05, 3.63) is 11.6 Å². The minimum absolute atomic E-state index is 0.258. The van der Waals surface area contributed by atoms with Crippen molar-refractivity contribution >= 4 is 8.32 Å². The van der Waals surface area contributed by atoms with Gasteiger partial charge in [0.25, 0.3) is 0 Å². The molecule has 0 aromatic rings. The van der Waals surface area contributed by atoms with Gasteiger partial charge in [0.15, 0.2) is 0 Å². The third kappa shape index (κ3) is 3.41. The van der Waals surface area contributed by atoms with Crippen molar-refractivity contribution in [3.63, 3.8) is 0 Å². The quantitative estimate of drug-likeness (QED) is 0.364. The van der Waals surface area contributed by atoms with Gasteiger partial charge in [-0.15, -0.1) is 0 Å². The van der Waals surface area contributed by atoms with Gasteiger partial charge in [-0.05, 0) is 124 Å². The molecular formula is C27H47O2Si. The van der Waals surface area contributed by atoms with E-state index in [1.54, 1.807) is 5.57 Å². The fourth-order valence-corrected chi connectivity index (χ4v) is 9.60. The summed E-state index contributed by atoms with van der Waals surface area (Å²) in [6, 6.07) is 0. The molecule has 0 heterocycles. The molecule has 4 aliphatic carbocycles. The van der Waals surface area contributed by atoms with Crippen LogP contribution in [0.15, 0.2) is 11.6 Å². The van der Waals surface area contributed by atoms with E-state index >= 15 is 0 Å². The van der Waals surface area contributed by atoms with Gasteiger partial charge in [-0.1, -0.05) is 39.3 Å². The lowest BCUT2D eigenvalue weighted by Gasteiger charge is -2.62. The second-order valence-electron chi connectivity index (χ2n) is 13.5. The topological polar surface area (TPSA) is 40.1 Å². The normalized spacial score (nSPS) is 48.2. The van der Waals surface area contributed by atoms with Crippen molar-refractivity contribution in [1.29, 1.82) is 0 Å². The zero-order valence-corrected chi connectivity index (χ0v) is 21.8. The van der Waals surface area contributed by atoms with Crippen LogP contribution in [0, 0.1) is 34.5 Å². The Kier molecular flexibility index (Phi) is 5.52. The molecule has 0 spiro atoms. The van der Waals surface area contributed by atoms with Crippen LogP contribution in [0.1, 0.15) is 98.8 Å². The first kappa shape index (κ1) is 23.0. The highest BCUT2D eigenvalue weighted by Crippen LogP contribution is 2.68. The average molecular weight is 432 g/mol. The largest absolute Gasteiger partial charge is 0.390 e. The monoisotopic (exact) mass is 431 g/mol. The van der Waals surface area contributed by atoms with Crippen molar-refractivity contribution in [2.45, 2.75) is 123 Å². The second kappa shape index (κ2) is 7.19. The zero-order chi connectivity index (χ0) is 22.2. The molecule has 0 aliphatic heterocycles. The van der Waals surface area contributed by atoms with Gasteiger partial charge in [0, 0.05) is 0 Å². The SMILES string of the molecule is CC=C1CC[C@@H]2C3CC[C@H]4C[C@@](O)(CC(C)(C)[Si](C)(C)[O])CC[C@]4(C)C3CC[C@]12C. The highest BCUT2D eigenvalue weighted by atomic mass is 28.4. The molecule has 0 aromatic heterocycles. The van der Waals surface area contributed by atoms with E-state index in [0.717, 1.165) is 37.0 Å². The first-order valence-corrected chi connectivity index (χ1v) is 15.8. The van der Waals surface area contributed by atoms with Crippen LogP contribution in [-0.4, -0.2) is 19.0 Å². The summed E-state index contributed by atoms with van der Waals surface area (Å²) in [4.78, 5) is 12.9. The molecule has 3 heteroatoms. The Morgan fingerprint density at radius 1 is 1.07 bits per heavy atom. The fraction of sp³-hybridized carbons (Fsp3) is 0.926. The van der Waals surface area contributed by atoms with Crippen LogP contribution >= 0.6 is 0 Å². The Hall–Kier alpha value is -0.123. The van der Waals surface area contributed by atoms with Gasteiger partial charge >= 0.3 is 0 Å². The molecule has 1 N–H and O–H groups in total. The molecule has 4 fully saturated rings. The first-order valence-electron chi connectivity index (χ1n) is 12.8. The third-order valence-corrected chi connectivity index (χ3v) is 14.9. The highest BCUT2D eigenvalue weighted by Gasteiger charge is 2.60. The molecule has 4 saturated carbocycles. The minimum Gasteiger partial charge on any atom is -0.390 e. The highest BCUT2D eigenvalue weighted by molar-refractivity contribution is 6.72. The van der Waals surface area contributed by atoms with Crippen LogP contribution in [0.2, 0.25) is 18.1 Å². The van der Waals surface area contributed by atoms with E-state index in [-0.39, 0.29) is 5.04 Å². The lowest BCUT2D eigenvalue weighted by molar-refractivity contribution is -0.148. The second-order valence-corrected chi connectivity index (χ2v) is 17.8. The number of aliphatic hydroxyl groups is 1. The fourth-order valence-electron chi connectivity index (χ4n) is 8.84. The van der Waals surface area contributed by atoms with E-state index < -0.39 is 13.9 Å². The summed E-state index contributed by atoms with van der Waals surface area (Å²) >= 11 is 0. The Labute approximate surface area is 187 Å². The standard InChI is InChI=1S/C27H47O2Si/c1-8-19-10-12-22-21-11-9-20-17-27(28,18-24(2,3)30(6,7)29)16-15-26(20,5)23(21)13-14-25(19,22)4/h8,20-23,28H,9-18H2,1-7H3/t20-,21?,22+,23?,25+,26-,27+/m0/s1. The zero-order valence-electron chi connectivity index (χ0n) is 20.8. The molecule has 171 valence electrons.